The quantitative estimate of drug-likeness (QED) is 0.720. The number of aryl methyl sites for hydroxylation is 1. The van der Waals surface area contributed by atoms with E-state index in [1.807, 2.05) is 37.3 Å². The van der Waals surface area contributed by atoms with Gasteiger partial charge in [-0.05, 0) is 24.6 Å². The van der Waals surface area contributed by atoms with Gasteiger partial charge in [0.2, 0.25) is 15.9 Å². The van der Waals surface area contributed by atoms with Crippen molar-refractivity contribution in [2.75, 3.05) is 6.54 Å². The third-order valence-corrected chi connectivity index (χ3v) is 6.72. The number of aliphatic hydroxyl groups is 1. The van der Waals surface area contributed by atoms with Gasteiger partial charge in [0.15, 0.2) is 0 Å². The first kappa shape index (κ1) is 20.5. The Balaban J connectivity index is 1.86. The van der Waals surface area contributed by atoms with Crippen molar-refractivity contribution in [3.63, 3.8) is 0 Å². The zero-order valence-corrected chi connectivity index (χ0v) is 16.4. The molecule has 1 aliphatic heterocycles. The van der Waals surface area contributed by atoms with Gasteiger partial charge >= 0.3 is 0 Å². The number of ether oxygens (including phenoxy) is 1. The monoisotopic (exact) mass is 404 g/mol. The van der Waals surface area contributed by atoms with E-state index in [1.54, 1.807) is 12.1 Å². The number of primary amides is 1. The molecule has 1 saturated heterocycles. The first-order valence-electron chi connectivity index (χ1n) is 8.99. The second-order valence-corrected chi connectivity index (χ2v) is 8.84. The van der Waals surface area contributed by atoms with Crippen molar-refractivity contribution in [2.24, 2.45) is 5.73 Å². The summed E-state index contributed by atoms with van der Waals surface area (Å²) in [6.07, 6.45) is -2.15. The highest BCUT2D eigenvalue weighted by Crippen LogP contribution is 2.31. The summed E-state index contributed by atoms with van der Waals surface area (Å²) >= 11 is 0. The number of aliphatic hydroxyl groups excluding tert-OH is 1. The van der Waals surface area contributed by atoms with Crippen LogP contribution in [0.25, 0.3) is 0 Å². The van der Waals surface area contributed by atoms with Gasteiger partial charge in [0.05, 0.1) is 23.6 Å². The zero-order chi connectivity index (χ0) is 20.3. The summed E-state index contributed by atoms with van der Waals surface area (Å²) < 4.78 is 33.2. The van der Waals surface area contributed by atoms with E-state index in [2.05, 4.69) is 0 Å². The van der Waals surface area contributed by atoms with Crippen LogP contribution >= 0.6 is 0 Å². The van der Waals surface area contributed by atoms with Crippen molar-refractivity contribution in [1.82, 2.24) is 4.31 Å². The minimum atomic E-state index is -3.91. The van der Waals surface area contributed by atoms with E-state index < -0.39 is 34.2 Å². The van der Waals surface area contributed by atoms with Crippen LogP contribution in [0.4, 0.5) is 0 Å². The smallest absolute Gasteiger partial charge is 0.243 e. The summed E-state index contributed by atoms with van der Waals surface area (Å²) in [6, 6.07) is 14.9. The number of carbonyl (C=O) groups excluding carboxylic acids is 1. The van der Waals surface area contributed by atoms with Crippen LogP contribution in [0.2, 0.25) is 0 Å². The van der Waals surface area contributed by atoms with Gasteiger partial charge in [0.1, 0.15) is 6.10 Å². The number of rotatable bonds is 7. The van der Waals surface area contributed by atoms with E-state index in [0.29, 0.717) is 0 Å². The first-order chi connectivity index (χ1) is 13.3. The molecule has 0 bridgehead atoms. The molecule has 0 radical (unpaired) electrons. The molecule has 0 aliphatic carbocycles. The van der Waals surface area contributed by atoms with E-state index in [4.69, 9.17) is 10.5 Å². The number of carbonyl (C=O) groups is 1. The Morgan fingerprint density at radius 1 is 1.18 bits per heavy atom. The standard InChI is InChI=1S/C20H24N2O5S/c1-14-7-9-16(10-8-14)28(25,26)22-12-18(23)20(17(22)11-19(21)24)27-13-15-5-3-2-4-6-15/h2-10,17-18,20,23H,11-13H2,1H3,(H2,21,24)/t17-,18-,20+/m1/s1. The van der Waals surface area contributed by atoms with E-state index in [9.17, 15) is 18.3 Å². The largest absolute Gasteiger partial charge is 0.389 e. The Bertz CT molecular complexity index is 915. The predicted octanol–water partition coefficient (Wildman–Crippen LogP) is 1.19. The van der Waals surface area contributed by atoms with E-state index in [0.717, 1.165) is 15.4 Å². The lowest BCUT2D eigenvalue weighted by molar-refractivity contribution is -0.120. The lowest BCUT2D eigenvalue weighted by atomic mass is 10.1. The van der Waals surface area contributed by atoms with Crippen LogP contribution in [0.15, 0.2) is 59.5 Å². The van der Waals surface area contributed by atoms with Crippen molar-refractivity contribution in [3.8, 4) is 0 Å². The summed E-state index contributed by atoms with van der Waals surface area (Å²) in [5, 5.41) is 10.5. The molecule has 8 heteroatoms. The number of hydrogen-bond donors (Lipinski definition) is 2. The summed E-state index contributed by atoms with van der Waals surface area (Å²) in [5.74, 6) is -0.656. The summed E-state index contributed by atoms with van der Waals surface area (Å²) in [5.41, 5.74) is 7.16. The second kappa shape index (κ2) is 8.40. The number of nitrogens with two attached hydrogens (primary N) is 1. The van der Waals surface area contributed by atoms with Gasteiger partial charge < -0.3 is 15.6 Å². The van der Waals surface area contributed by atoms with Crippen LogP contribution in [0, 0.1) is 6.92 Å². The van der Waals surface area contributed by atoms with Crippen LogP contribution in [0.3, 0.4) is 0 Å². The van der Waals surface area contributed by atoms with Gasteiger partial charge in [-0.3, -0.25) is 4.79 Å². The molecule has 0 spiro atoms. The number of nitrogens with zero attached hydrogens (tertiary/aromatic N) is 1. The molecule has 0 aromatic heterocycles. The minimum absolute atomic E-state index is 0.100. The van der Waals surface area contributed by atoms with Gasteiger partial charge in [-0.25, -0.2) is 8.42 Å². The van der Waals surface area contributed by atoms with Gasteiger partial charge in [-0.1, -0.05) is 48.0 Å². The minimum Gasteiger partial charge on any atom is -0.389 e. The molecule has 3 N–H and O–H groups in total. The SMILES string of the molecule is Cc1ccc(S(=O)(=O)N2C[C@@H](O)[C@@H](OCc3ccccc3)[C@H]2CC(N)=O)cc1. The molecule has 0 saturated carbocycles. The van der Waals surface area contributed by atoms with Crippen molar-refractivity contribution in [2.45, 2.75) is 43.1 Å². The molecule has 1 heterocycles. The fraction of sp³-hybridized carbons (Fsp3) is 0.350. The second-order valence-electron chi connectivity index (χ2n) is 6.95. The van der Waals surface area contributed by atoms with E-state index in [1.165, 1.54) is 12.1 Å². The summed E-state index contributed by atoms with van der Waals surface area (Å²) in [6.45, 7) is 1.89. The maximum Gasteiger partial charge on any atom is 0.243 e. The maximum absolute atomic E-state index is 13.1. The number of amides is 1. The number of sulfonamides is 1. The van der Waals surface area contributed by atoms with Crippen LogP contribution < -0.4 is 5.73 Å². The van der Waals surface area contributed by atoms with Crippen LogP contribution in [-0.4, -0.2) is 48.5 Å². The van der Waals surface area contributed by atoms with Crippen LogP contribution in [0.1, 0.15) is 17.5 Å². The highest BCUT2D eigenvalue weighted by atomic mass is 32.2. The normalized spacial score (nSPS) is 23.0. The molecule has 1 amide bonds. The molecule has 3 atom stereocenters. The van der Waals surface area contributed by atoms with Crippen molar-refractivity contribution < 1.29 is 23.1 Å². The van der Waals surface area contributed by atoms with Crippen molar-refractivity contribution in [1.29, 1.82) is 0 Å². The lowest BCUT2D eigenvalue weighted by Gasteiger charge is -2.26. The Labute approximate surface area is 164 Å². The maximum atomic E-state index is 13.1. The fourth-order valence-electron chi connectivity index (χ4n) is 3.38. The molecule has 1 aliphatic rings. The molecular formula is C20H24N2O5S. The fourth-order valence-corrected chi connectivity index (χ4v) is 5.03. The highest BCUT2D eigenvalue weighted by molar-refractivity contribution is 7.89. The van der Waals surface area contributed by atoms with Gasteiger partial charge in [0.25, 0.3) is 0 Å². The molecule has 3 rings (SSSR count). The number of β-amino-alcohol motifs (C(OH)–C–C–N with tert-alkyl or cyclic N) is 1. The molecule has 1 fully saturated rings. The van der Waals surface area contributed by atoms with Crippen LogP contribution in [-0.2, 0) is 26.2 Å². The van der Waals surface area contributed by atoms with E-state index in [-0.39, 0.29) is 24.5 Å². The first-order valence-corrected chi connectivity index (χ1v) is 10.4. The third-order valence-electron chi connectivity index (χ3n) is 4.82. The van der Waals surface area contributed by atoms with Crippen molar-refractivity contribution in [3.05, 3.63) is 65.7 Å². The highest BCUT2D eigenvalue weighted by Gasteiger charge is 2.48. The lowest BCUT2D eigenvalue weighted by Crippen LogP contribution is -2.43. The topological polar surface area (TPSA) is 110 Å². The van der Waals surface area contributed by atoms with Gasteiger partial charge in [-0.15, -0.1) is 0 Å². The Morgan fingerprint density at radius 3 is 2.43 bits per heavy atom. The Kier molecular flexibility index (Phi) is 6.14. The molecule has 150 valence electrons. The molecule has 7 nitrogen and oxygen atoms in total. The number of benzene rings is 2. The zero-order valence-electron chi connectivity index (χ0n) is 15.6. The Hall–Kier alpha value is -2.26. The Morgan fingerprint density at radius 2 is 1.82 bits per heavy atom. The van der Waals surface area contributed by atoms with Gasteiger partial charge in [0, 0.05) is 13.0 Å². The molecule has 0 unspecified atom stereocenters. The average molecular weight is 404 g/mol. The summed E-state index contributed by atoms with van der Waals surface area (Å²) in [7, 11) is -3.91. The van der Waals surface area contributed by atoms with E-state index >= 15 is 0 Å². The molecule has 28 heavy (non-hydrogen) atoms. The molecule has 2 aromatic carbocycles. The summed E-state index contributed by atoms with van der Waals surface area (Å²) in [4.78, 5) is 11.7. The predicted molar refractivity (Wildman–Crippen MR) is 104 cm³/mol. The van der Waals surface area contributed by atoms with Gasteiger partial charge in [-0.2, -0.15) is 4.31 Å². The average Bonchev–Trinajstić information content (AvgIpc) is 2.97. The third kappa shape index (κ3) is 4.41. The number of hydrogen-bond acceptors (Lipinski definition) is 5. The molecular weight excluding hydrogens is 380 g/mol. The molecule has 2 aromatic rings. The van der Waals surface area contributed by atoms with Crippen molar-refractivity contribution >= 4 is 15.9 Å². The van der Waals surface area contributed by atoms with Crippen LogP contribution in [0.5, 0.6) is 0 Å².